The number of rotatable bonds is 9. The number of aromatic nitrogens is 3. The summed E-state index contributed by atoms with van der Waals surface area (Å²) in [6.45, 7) is 7.95. The van der Waals surface area contributed by atoms with E-state index < -0.39 is 0 Å². The van der Waals surface area contributed by atoms with Gasteiger partial charge in [0.05, 0.1) is 25.1 Å². The normalized spacial score (nSPS) is 11.1. The fourth-order valence-electron chi connectivity index (χ4n) is 3.50. The van der Waals surface area contributed by atoms with Gasteiger partial charge in [-0.2, -0.15) is 0 Å². The Morgan fingerprint density at radius 2 is 1.94 bits per heavy atom. The van der Waals surface area contributed by atoms with E-state index in [9.17, 15) is 4.79 Å². The molecule has 4 rings (SSSR count). The minimum Gasteiger partial charge on any atom is -0.467 e. The van der Waals surface area contributed by atoms with Crippen LogP contribution in [0, 0.1) is 13.8 Å². The number of hydrogen-bond donors (Lipinski definition) is 0. The zero-order valence-corrected chi connectivity index (χ0v) is 20.1. The molecule has 32 heavy (non-hydrogen) atoms. The Bertz CT molecular complexity index is 1180. The lowest BCUT2D eigenvalue weighted by Crippen LogP contribution is -2.31. The topological polar surface area (TPSA) is 64.2 Å². The number of furan rings is 1. The number of hydrogen-bond acceptors (Lipinski definition) is 6. The molecule has 0 fully saturated rings. The maximum absolute atomic E-state index is 13.2. The van der Waals surface area contributed by atoms with Crippen LogP contribution in [0.3, 0.4) is 0 Å². The smallest absolute Gasteiger partial charge is 0.233 e. The first-order chi connectivity index (χ1) is 15.5. The summed E-state index contributed by atoms with van der Waals surface area (Å²) in [5.74, 6) is 1.94. The molecule has 0 spiro atoms. The highest BCUT2D eigenvalue weighted by atomic mass is 32.2. The van der Waals surface area contributed by atoms with E-state index in [4.69, 9.17) is 4.42 Å². The number of carbonyl (C=O) groups excluding carboxylic acids is 1. The standard InChI is InChI=1S/C24H26N4O2S2/c1-4-28-23(21-10-6-5-8-17(21)2)25-26-24(28)31-16-22(29)27(14-19-9-7-13-30-19)15-20-12-11-18(3)32-20/h5-13H,4,14-16H2,1-3H3. The fourth-order valence-corrected chi connectivity index (χ4v) is 5.31. The van der Waals surface area contributed by atoms with Gasteiger partial charge in [0.1, 0.15) is 5.76 Å². The number of thiophene rings is 1. The third-order valence-corrected chi connectivity index (χ3v) is 7.10. The summed E-state index contributed by atoms with van der Waals surface area (Å²) in [5.41, 5.74) is 2.21. The Morgan fingerprint density at radius 1 is 1.09 bits per heavy atom. The molecule has 0 atom stereocenters. The number of thioether (sulfide) groups is 1. The van der Waals surface area contributed by atoms with E-state index in [-0.39, 0.29) is 11.7 Å². The molecule has 0 unspecified atom stereocenters. The molecule has 1 aromatic carbocycles. The second-order valence-corrected chi connectivity index (χ2v) is 9.81. The van der Waals surface area contributed by atoms with Gasteiger partial charge in [-0.05, 0) is 50.6 Å². The van der Waals surface area contributed by atoms with Gasteiger partial charge in [-0.1, -0.05) is 36.0 Å². The van der Waals surface area contributed by atoms with Crippen LogP contribution in [0.1, 0.15) is 28.0 Å². The van der Waals surface area contributed by atoms with Crippen molar-refractivity contribution in [2.45, 2.75) is 45.6 Å². The average Bonchev–Trinajstić information content (AvgIpc) is 3.53. The van der Waals surface area contributed by atoms with Gasteiger partial charge in [-0.15, -0.1) is 21.5 Å². The van der Waals surface area contributed by atoms with Crippen LogP contribution in [-0.2, 0) is 24.4 Å². The second-order valence-electron chi connectivity index (χ2n) is 7.50. The van der Waals surface area contributed by atoms with E-state index in [1.54, 1.807) is 17.6 Å². The van der Waals surface area contributed by atoms with E-state index in [2.05, 4.69) is 59.8 Å². The van der Waals surface area contributed by atoms with Crippen LogP contribution in [0.25, 0.3) is 11.4 Å². The summed E-state index contributed by atoms with van der Waals surface area (Å²) >= 11 is 3.14. The van der Waals surface area contributed by atoms with Gasteiger partial charge in [0.2, 0.25) is 5.91 Å². The Labute approximate surface area is 196 Å². The van der Waals surface area contributed by atoms with Gasteiger partial charge in [0.25, 0.3) is 0 Å². The molecule has 0 aliphatic carbocycles. The largest absolute Gasteiger partial charge is 0.467 e. The van der Waals surface area contributed by atoms with Crippen molar-refractivity contribution in [3.63, 3.8) is 0 Å². The zero-order chi connectivity index (χ0) is 22.5. The molecule has 3 aromatic heterocycles. The lowest BCUT2D eigenvalue weighted by molar-refractivity contribution is -0.129. The molecule has 0 N–H and O–H groups in total. The molecular weight excluding hydrogens is 440 g/mol. The third kappa shape index (κ3) is 5.14. The third-order valence-electron chi connectivity index (χ3n) is 5.17. The number of amides is 1. The molecule has 3 heterocycles. The van der Waals surface area contributed by atoms with Crippen LogP contribution in [0.5, 0.6) is 0 Å². The first kappa shape index (κ1) is 22.4. The summed E-state index contributed by atoms with van der Waals surface area (Å²) in [7, 11) is 0. The monoisotopic (exact) mass is 466 g/mol. The molecular formula is C24H26N4O2S2. The molecule has 1 amide bonds. The van der Waals surface area contributed by atoms with Gasteiger partial charge in [0, 0.05) is 21.9 Å². The highest BCUT2D eigenvalue weighted by molar-refractivity contribution is 7.99. The van der Waals surface area contributed by atoms with Gasteiger partial charge < -0.3 is 13.9 Å². The maximum Gasteiger partial charge on any atom is 0.233 e. The molecule has 6 nitrogen and oxygen atoms in total. The van der Waals surface area contributed by atoms with Gasteiger partial charge in [0.15, 0.2) is 11.0 Å². The summed E-state index contributed by atoms with van der Waals surface area (Å²) < 4.78 is 7.57. The Morgan fingerprint density at radius 3 is 2.62 bits per heavy atom. The highest BCUT2D eigenvalue weighted by Crippen LogP contribution is 2.27. The minimum absolute atomic E-state index is 0.0422. The molecule has 0 aliphatic rings. The van der Waals surface area contributed by atoms with Crippen molar-refractivity contribution in [2.24, 2.45) is 0 Å². The quantitative estimate of drug-likeness (QED) is 0.302. The van der Waals surface area contributed by atoms with Crippen molar-refractivity contribution < 1.29 is 9.21 Å². The summed E-state index contributed by atoms with van der Waals surface area (Å²) in [5, 5.41) is 9.57. The van der Waals surface area contributed by atoms with Crippen molar-refractivity contribution in [3.05, 3.63) is 75.9 Å². The molecule has 0 saturated carbocycles. The molecule has 0 saturated heterocycles. The molecule has 0 bridgehead atoms. The van der Waals surface area contributed by atoms with Crippen LogP contribution in [0.15, 0.2) is 64.4 Å². The van der Waals surface area contributed by atoms with Crippen LogP contribution in [0.2, 0.25) is 0 Å². The van der Waals surface area contributed by atoms with Crippen molar-refractivity contribution >= 4 is 29.0 Å². The molecule has 0 radical (unpaired) electrons. The summed E-state index contributed by atoms with van der Waals surface area (Å²) in [6, 6.07) is 16.1. The molecule has 166 valence electrons. The van der Waals surface area contributed by atoms with Crippen molar-refractivity contribution in [2.75, 3.05) is 5.75 Å². The zero-order valence-electron chi connectivity index (χ0n) is 18.4. The number of benzene rings is 1. The Kier molecular flexibility index (Phi) is 7.12. The van der Waals surface area contributed by atoms with Crippen LogP contribution >= 0.6 is 23.1 Å². The molecule has 4 aromatic rings. The predicted molar refractivity (Wildman–Crippen MR) is 129 cm³/mol. The Hall–Kier alpha value is -2.84. The second kappa shape index (κ2) is 10.2. The van der Waals surface area contributed by atoms with Crippen molar-refractivity contribution in [1.82, 2.24) is 19.7 Å². The SMILES string of the molecule is CCn1c(SCC(=O)N(Cc2ccco2)Cc2ccc(C)s2)nnc1-c1ccccc1C. The lowest BCUT2D eigenvalue weighted by Gasteiger charge is -2.21. The first-order valence-electron chi connectivity index (χ1n) is 10.5. The molecule has 8 heteroatoms. The highest BCUT2D eigenvalue weighted by Gasteiger charge is 2.20. The van der Waals surface area contributed by atoms with Crippen LogP contribution in [-0.4, -0.2) is 31.3 Å². The predicted octanol–water partition coefficient (Wildman–Crippen LogP) is 5.56. The van der Waals surface area contributed by atoms with Crippen LogP contribution in [0.4, 0.5) is 0 Å². The van der Waals surface area contributed by atoms with Crippen molar-refractivity contribution in [1.29, 1.82) is 0 Å². The summed E-state index contributed by atoms with van der Waals surface area (Å²) in [6.07, 6.45) is 1.64. The average molecular weight is 467 g/mol. The number of aryl methyl sites for hydroxylation is 2. The molecule has 0 aliphatic heterocycles. The summed E-state index contributed by atoms with van der Waals surface area (Å²) in [4.78, 5) is 17.4. The lowest BCUT2D eigenvalue weighted by atomic mass is 10.1. The Balaban J connectivity index is 1.49. The maximum atomic E-state index is 13.2. The van der Waals surface area contributed by atoms with Crippen LogP contribution < -0.4 is 0 Å². The van der Waals surface area contributed by atoms with E-state index in [1.807, 2.05) is 29.2 Å². The number of nitrogens with zero attached hydrogens (tertiary/aromatic N) is 4. The minimum atomic E-state index is 0.0422. The van der Waals surface area contributed by atoms with Gasteiger partial charge in [-0.25, -0.2) is 0 Å². The first-order valence-corrected chi connectivity index (χ1v) is 12.3. The van der Waals surface area contributed by atoms with E-state index >= 15 is 0 Å². The fraction of sp³-hybridized carbons (Fsp3) is 0.292. The van der Waals surface area contributed by atoms with Crippen molar-refractivity contribution in [3.8, 4) is 11.4 Å². The number of carbonyl (C=O) groups is 1. The van der Waals surface area contributed by atoms with Gasteiger partial charge in [-0.3, -0.25) is 4.79 Å². The van der Waals surface area contributed by atoms with E-state index in [1.165, 1.54) is 16.6 Å². The van der Waals surface area contributed by atoms with Gasteiger partial charge >= 0.3 is 0 Å². The van der Waals surface area contributed by atoms with E-state index in [0.717, 1.165) is 39.3 Å². The van der Waals surface area contributed by atoms with E-state index in [0.29, 0.717) is 13.1 Å².